The Balaban J connectivity index is 3.05. The van der Waals surface area contributed by atoms with E-state index in [1.54, 1.807) is 0 Å². The molecule has 0 heterocycles. The number of hydrogen-bond acceptors (Lipinski definition) is 2. The largest absolute Gasteiger partial charge is 0.402 e. The molecule has 0 radical (unpaired) electrons. The van der Waals surface area contributed by atoms with Gasteiger partial charge in [0.15, 0.2) is 0 Å². The monoisotopic (exact) mass is 114 g/mol. The number of rotatable bonds is 3. The van der Waals surface area contributed by atoms with E-state index >= 15 is 0 Å². The molecule has 8 heavy (non-hydrogen) atoms. The molecule has 0 aromatic carbocycles. The normalized spacial score (nSPS) is 9.88. The van der Waals surface area contributed by atoms with Gasteiger partial charge in [-0.1, -0.05) is 6.58 Å². The van der Waals surface area contributed by atoms with Crippen molar-refractivity contribution < 1.29 is 0 Å². The molecular weight excluding hydrogens is 100 g/mol. The van der Waals surface area contributed by atoms with Crippen LogP contribution in [0.15, 0.2) is 12.3 Å². The molecule has 0 aliphatic carbocycles. The van der Waals surface area contributed by atoms with Crippen LogP contribution >= 0.6 is 0 Å². The van der Waals surface area contributed by atoms with Crippen molar-refractivity contribution in [1.82, 2.24) is 4.90 Å². The Morgan fingerprint density at radius 3 is 2.25 bits per heavy atom. The minimum Gasteiger partial charge on any atom is -0.402 e. The molecular formula is C6H14N2. The maximum atomic E-state index is 5.32. The van der Waals surface area contributed by atoms with Gasteiger partial charge in [-0.25, -0.2) is 0 Å². The third-order valence-electron chi connectivity index (χ3n) is 0.880. The van der Waals surface area contributed by atoms with Gasteiger partial charge >= 0.3 is 0 Å². The quantitative estimate of drug-likeness (QED) is 0.576. The fourth-order valence-corrected chi connectivity index (χ4v) is 0.367. The van der Waals surface area contributed by atoms with Crippen LogP contribution in [0, 0.1) is 0 Å². The van der Waals surface area contributed by atoms with Crippen LogP contribution in [0.5, 0.6) is 0 Å². The van der Waals surface area contributed by atoms with Crippen LogP contribution < -0.4 is 5.73 Å². The summed E-state index contributed by atoms with van der Waals surface area (Å²) in [5.41, 5.74) is 6.08. The maximum absolute atomic E-state index is 5.32. The van der Waals surface area contributed by atoms with Crippen LogP contribution in [0.25, 0.3) is 0 Å². The molecule has 0 aromatic rings. The average molecular weight is 114 g/mol. The summed E-state index contributed by atoms with van der Waals surface area (Å²) in [4.78, 5) is 2.08. The fraction of sp³-hybridized carbons (Fsp3) is 0.667. The van der Waals surface area contributed by atoms with Crippen molar-refractivity contribution in [1.29, 1.82) is 0 Å². The van der Waals surface area contributed by atoms with Gasteiger partial charge in [0.1, 0.15) is 0 Å². The molecule has 0 spiro atoms. The molecule has 0 saturated carbocycles. The maximum Gasteiger partial charge on any atom is 0.00296 e. The fourth-order valence-electron chi connectivity index (χ4n) is 0.367. The van der Waals surface area contributed by atoms with E-state index in [0.717, 1.165) is 18.7 Å². The first-order valence-corrected chi connectivity index (χ1v) is 2.71. The lowest BCUT2D eigenvalue weighted by Crippen LogP contribution is -2.14. The van der Waals surface area contributed by atoms with Crippen LogP contribution in [0.1, 0.15) is 6.42 Å². The average Bonchev–Trinajstić information content (AvgIpc) is 1.61. The Labute approximate surface area is 51.0 Å². The number of nitrogens with two attached hydrogens (primary N) is 1. The van der Waals surface area contributed by atoms with Crippen LogP contribution in [0.2, 0.25) is 0 Å². The lowest BCUT2D eigenvalue weighted by atomic mass is 10.3. The summed E-state index contributed by atoms with van der Waals surface area (Å²) in [6.07, 6.45) is 0.896. The van der Waals surface area contributed by atoms with Gasteiger partial charge in [-0.2, -0.15) is 0 Å². The molecule has 0 aromatic heterocycles. The second kappa shape index (κ2) is 3.50. The van der Waals surface area contributed by atoms with E-state index in [9.17, 15) is 0 Å². The minimum atomic E-state index is 0.763. The smallest absolute Gasteiger partial charge is 0.00296 e. The van der Waals surface area contributed by atoms with Crippen molar-refractivity contribution in [2.45, 2.75) is 6.42 Å². The topological polar surface area (TPSA) is 29.3 Å². The van der Waals surface area contributed by atoms with Crippen LogP contribution in [0.3, 0.4) is 0 Å². The number of hydrogen-bond donors (Lipinski definition) is 1. The molecule has 0 unspecified atom stereocenters. The Hall–Kier alpha value is -0.500. The third-order valence-corrected chi connectivity index (χ3v) is 0.880. The highest BCUT2D eigenvalue weighted by Gasteiger charge is 1.88. The Morgan fingerprint density at radius 1 is 1.62 bits per heavy atom. The van der Waals surface area contributed by atoms with Gasteiger partial charge in [0.2, 0.25) is 0 Å². The van der Waals surface area contributed by atoms with Gasteiger partial charge in [0.25, 0.3) is 0 Å². The SMILES string of the molecule is C=C(N)CCN(C)C. The van der Waals surface area contributed by atoms with Crippen LogP contribution in [0.4, 0.5) is 0 Å². The molecule has 2 N–H and O–H groups in total. The van der Waals surface area contributed by atoms with Crippen molar-refractivity contribution in [3.63, 3.8) is 0 Å². The Bertz CT molecular complexity index is 76.6. The highest BCUT2D eigenvalue weighted by Crippen LogP contribution is 1.87. The standard InChI is InChI=1S/C6H14N2/c1-6(7)4-5-8(2)3/h1,4-5,7H2,2-3H3. The molecule has 0 bridgehead atoms. The van der Waals surface area contributed by atoms with Crippen molar-refractivity contribution in [3.8, 4) is 0 Å². The Morgan fingerprint density at radius 2 is 2.12 bits per heavy atom. The van der Waals surface area contributed by atoms with Crippen LogP contribution in [-0.2, 0) is 0 Å². The molecule has 0 aliphatic rings. The number of nitrogens with zero attached hydrogens (tertiary/aromatic N) is 1. The molecule has 2 nitrogen and oxygen atoms in total. The van der Waals surface area contributed by atoms with E-state index < -0.39 is 0 Å². The van der Waals surface area contributed by atoms with E-state index in [4.69, 9.17) is 5.73 Å². The van der Waals surface area contributed by atoms with E-state index in [1.807, 2.05) is 14.1 Å². The lowest BCUT2D eigenvalue weighted by molar-refractivity contribution is 0.412. The lowest BCUT2D eigenvalue weighted by Gasteiger charge is -2.07. The summed E-state index contributed by atoms with van der Waals surface area (Å²) >= 11 is 0. The van der Waals surface area contributed by atoms with Crippen molar-refractivity contribution in [2.24, 2.45) is 5.73 Å². The highest BCUT2D eigenvalue weighted by atomic mass is 15.0. The summed E-state index contributed by atoms with van der Waals surface area (Å²) in [6, 6.07) is 0. The highest BCUT2D eigenvalue weighted by molar-refractivity contribution is 4.85. The summed E-state index contributed by atoms with van der Waals surface area (Å²) < 4.78 is 0. The second-order valence-electron chi connectivity index (χ2n) is 2.21. The zero-order chi connectivity index (χ0) is 6.57. The van der Waals surface area contributed by atoms with Gasteiger partial charge in [0, 0.05) is 12.2 Å². The Kier molecular flexibility index (Phi) is 3.28. The van der Waals surface area contributed by atoms with Gasteiger partial charge in [0.05, 0.1) is 0 Å². The third kappa shape index (κ3) is 5.50. The zero-order valence-electron chi connectivity index (χ0n) is 5.65. The molecule has 0 rings (SSSR count). The predicted octanol–water partition coefficient (Wildman–Crippen LogP) is 0.410. The van der Waals surface area contributed by atoms with E-state index in [-0.39, 0.29) is 0 Å². The molecule has 0 aliphatic heterocycles. The zero-order valence-corrected chi connectivity index (χ0v) is 5.65. The second-order valence-corrected chi connectivity index (χ2v) is 2.21. The summed E-state index contributed by atoms with van der Waals surface area (Å²) in [5.74, 6) is 0. The van der Waals surface area contributed by atoms with Crippen molar-refractivity contribution in [2.75, 3.05) is 20.6 Å². The van der Waals surface area contributed by atoms with Gasteiger partial charge < -0.3 is 10.6 Å². The van der Waals surface area contributed by atoms with Crippen LogP contribution in [-0.4, -0.2) is 25.5 Å². The van der Waals surface area contributed by atoms with E-state index in [2.05, 4.69) is 11.5 Å². The van der Waals surface area contributed by atoms with E-state index in [0.29, 0.717) is 0 Å². The minimum absolute atomic E-state index is 0.763. The molecule has 0 amide bonds. The molecule has 0 fully saturated rings. The molecule has 0 atom stereocenters. The first-order chi connectivity index (χ1) is 3.63. The molecule has 0 saturated heterocycles. The molecule has 2 heteroatoms. The predicted molar refractivity (Wildman–Crippen MR) is 36.5 cm³/mol. The van der Waals surface area contributed by atoms with Gasteiger partial charge in [-0.15, -0.1) is 0 Å². The first kappa shape index (κ1) is 7.50. The molecule has 48 valence electrons. The first-order valence-electron chi connectivity index (χ1n) is 2.71. The van der Waals surface area contributed by atoms with E-state index in [1.165, 1.54) is 0 Å². The van der Waals surface area contributed by atoms with Crippen molar-refractivity contribution in [3.05, 3.63) is 12.3 Å². The van der Waals surface area contributed by atoms with Gasteiger partial charge in [-0.3, -0.25) is 0 Å². The summed E-state index contributed by atoms with van der Waals surface area (Å²) in [5, 5.41) is 0. The van der Waals surface area contributed by atoms with Crippen molar-refractivity contribution >= 4 is 0 Å². The van der Waals surface area contributed by atoms with Gasteiger partial charge in [-0.05, 0) is 20.5 Å². The summed E-state index contributed by atoms with van der Waals surface area (Å²) in [6.45, 7) is 4.57. The summed E-state index contributed by atoms with van der Waals surface area (Å²) in [7, 11) is 4.03.